The van der Waals surface area contributed by atoms with Gasteiger partial charge in [-0.05, 0) is 34.6 Å². The maximum atomic E-state index is 7.62. The molecule has 0 aromatic heterocycles. The molecule has 0 saturated heterocycles. The van der Waals surface area contributed by atoms with E-state index in [1.54, 1.807) is 30.4 Å². The monoisotopic (exact) mass is 272 g/mol. The SMILES string of the molecule is C=CC.C=CC.C=CC.C=CC.C=CC.OCCO. The van der Waals surface area contributed by atoms with Gasteiger partial charge in [-0.3, -0.25) is 0 Å². The van der Waals surface area contributed by atoms with Gasteiger partial charge in [0.2, 0.25) is 0 Å². The van der Waals surface area contributed by atoms with Crippen molar-refractivity contribution in [3.05, 3.63) is 63.3 Å². The van der Waals surface area contributed by atoms with Crippen LogP contribution >= 0.6 is 0 Å². The number of allylic oxidation sites excluding steroid dienone is 5. The molecule has 0 bridgehead atoms. The lowest BCUT2D eigenvalue weighted by molar-refractivity contribution is 0.186. The summed E-state index contributed by atoms with van der Waals surface area (Å²) in [6.45, 7) is 26.0. The third-order valence-electron chi connectivity index (χ3n) is 0.1000. The molecule has 2 nitrogen and oxygen atoms in total. The Balaban J connectivity index is -0.0000000268. The highest BCUT2D eigenvalue weighted by Crippen LogP contribution is 1.40. The van der Waals surface area contributed by atoms with Crippen molar-refractivity contribution in [2.75, 3.05) is 13.2 Å². The third-order valence-corrected chi connectivity index (χ3v) is 0.1000. The van der Waals surface area contributed by atoms with Crippen LogP contribution in [0.1, 0.15) is 34.6 Å². The predicted octanol–water partition coefficient (Wildman–Crippen LogP) is 4.93. The molecule has 0 aliphatic rings. The van der Waals surface area contributed by atoms with Crippen molar-refractivity contribution in [1.29, 1.82) is 0 Å². The fourth-order valence-corrected chi connectivity index (χ4v) is 0. The fourth-order valence-electron chi connectivity index (χ4n) is 0. The molecule has 0 atom stereocenters. The summed E-state index contributed by atoms with van der Waals surface area (Å²) < 4.78 is 0. The molecule has 0 aliphatic heterocycles. The summed E-state index contributed by atoms with van der Waals surface area (Å²) in [5.41, 5.74) is 0. The summed E-state index contributed by atoms with van der Waals surface area (Å²) in [5.74, 6) is 0. The molecule has 0 amide bonds. The Hall–Kier alpha value is -1.38. The van der Waals surface area contributed by atoms with E-state index in [1.165, 1.54) is 0 Å². The molecule has 0 fully saturated rings. The van der Waals surface area contributed by atoms with Crippen LogP contribution in [0.15, 0.2) is 63.3 Å². The van der Waals surface area contributed by atoms with Gasteiger partial charge >= 0.3 is 0 Å². The van der Waals surface area contributed by atoms with Crippen LogP contribution in [0.3, 0.4) is 0 Å². The van der Waals surface area contributed by atoms with Gasteiger partial charge in [0, 0.05) is 0 Å². The number of hydrogen-bond donors (Lipinski definition) is 2. The average molecular weight is 272 g/mol. The minimum atomic E-state index is -0.125. The standard InChI is InChI=1S/5C3H6.C2H6O2/c5*1-3-2;3-1-2-4/h5*3H,1H2,2H3;3-4H,1-2H2. The van der Waals surface area contributed by atoms with E-state index >= 15 is 0 Å². The average Bonchev–Trinajstić information content (AvgIpc) is 2.34. The molecule has 2 N–H and O–H groups in total. The highest BCUT2D eigenvalue weighted by molar-refractivity contribution is 4.52. The van der Waals surface area contributed by atoms with Crippen molar-refractivity contribution in [3.8, 4) is 0 Å². The molecular weight excluding hydrogens is 236 g/mol. The lowest BCUT2D eigenvalue weighted by Crippen LogP contribution is -1.85. The molecule has 0 saturated carbocycles. The maximum Gasteiger partial charge on any atom is 0.0662 e. The molecule has 0 heterocycles. The van der Waals surface area contributed by atoms with E-state index in [0.29, 0.717) is 0 Å². The van der Waals surface area contributed by atoms with Crippen LogP contribution in [0.2, 0.25) is 0 Å². The highest BCUT2D eigenvalue weighted by atomic mass is 16.3. The van der Waals surface area contributed by atoms with Gasteiger partial charge in [0.05, 0.1) is 13.2 Å². The Kier molecular flexibility index (Phi) is 244. The molecule has 0 radical (unpaired) electrons. The zero-order valence-electron chi connectivity index (χ0n) is 13.7. The second-order valence-electron chi connectivity index (χ2n) is 2.49. The summed E-state index contributed by atoms with van der Waals surface area (Å²) in [6, 6.07) is 0. The zero-order valence-corrected chi connectivity index (χ0v) is 13.7. The van der Waals surface area contributed by atoms with Crippen molar-refractivity contribution >= 4 is 0 Å². The largest absolute Gasteiger partial charge is 0.394 e. The van der Waals surface area contributed by atoms with Gasteiger partial charge in [-0.1, -0.05) is 30.4 Å². The van der Waals surface area contributed by atoms with Gasteiger partial charge in [0.15, 0.2) is 0 Å². The van der Waals surface area contributed by atoms with Gasteiger partial charge in [-0.2, -0.15) is 0 Å². The highest BCUT2D eigenvalue weighted by Gasteiger charge is 1.58. The molecule has 0 spiro atoms. The smallest absolute Gasteiger partial charge is 0.0662 e. The topological polar surface area (TPSA) is 40.5 Å². The van der Waals surface area contributed by atoms with Crippen molar-refractivity contribution in [3.63, 3.8) is 0 Å². The number of hydrogen-bond acceptors (Lipinski definition) is 2. The maximum absolute atomic E-state index is 7.62. The van der Waals surface area contributed by atoms with Crippen molar-refractivity contribution in [2.45, 2.75) is 34.6 Å². The van der Waals surface area contributed by atoms with Gasteiger partial charge in [0.25, 0.3) is 0 Å². The summed E-state index contributed by atoms with van der Waals surface area (Å²) >= 11 is 0. The van der Waals surface area contributed by atoms with Gasteiger partial charge in [-0.25, -0.2) is 0 Å². The van der Waals surface area contributed by atoms with Gasteiger partial charge in [0.1, 0.15) is 0 Å². The normalized spacial score (nSPS) is 5.00. The number of rotatable bonds is 1. The Morgan fingerprint density at radius 1 is 0.526 bits per heavy atom. The van der Waals surface area contributed by atoms with E-state index in [4.69, 9.17) is 10.2 Å². The first kappa shape index (κ1) is 36.0. The third kappa shape index (κ3) is 24600. The molecule has 2 heteroatoms. The Bertz CT molecular complexity index is 101. The van der Waals surface area contributed by atoms with Gasteiger partial charge in [-0.15, -0.1) is 32.9 Å². The van der Waals surface area contributed by atoms with Crippen LogP contribution in [0, 0.1) is 0 Å². The Morgan fingerprint density at radius 2 is 0.579 bits per heavy atom. The molecular formula is C17H36O2. The Labute approximate surface area is 122 Å². The molecule has 0 aliphatic carbocycles. The quantitative estimate of drug-likeness (QED) is 0.664. The summed E-state index contributed by atoms with van der Waals surface area (Å²) in [6.07, 6.45) is 8.75. The molecule has 116 valence electrons. The minimum Gasteiger partial charge on any atom is -0.394 e. The number of aliphatic hydroxyl groups excluding tert-OH is 2. The first-order valence-electron chi connectivity index (χ1n) is 6.06. The predicted molar refractivity (Wildman–Crippen MR) is 93.5 cm³/mol. The van der Waals surface area contributed by atoms with E-state index < -0.39 is 0 Å². The van der Waals surface area contributed by atoms with E-state index in [9.17, 15) is 0 Å². The van der Waals surface area contributed by atoms with Crippen LogP contribution in [-0.2, 0) is 0 Å². The molecule has 0 aromatic rings. The van der Waals surface area contributed by atoms with Crippen molar-refractivity contribution in [1.82, 2.24) is 0 Å². The fraction of sp³-hybridized carbons (Fsp3) is 0.412. The van der Waals surface area contributed by atoms with Crippen LogP contribution in [-0.4, -0.2) is 23.4 Å². The van der Waals surface area contributed by atoms with E-state index in [1.807, 2.05) is 34.6 Å². The summed E-state index contributed by atoms with van der Waals surface area (Å²) in [7, 11) is 0. The Morgan fingerprint density at radius 3 is 0.579 bits per heavy atom. The molecule has 0 unspecified atom stereocenters. The summed E-state index contributed by atoms with van der Waals surface area (Å²) in [5, 5.41) is 15.2. The van der Waals surface area contributed by atoms with Crippen molar-refractivity contribution < 1.29 is 10.2 Å². The zero-order chi connectivity index (χ0) is 16.9. The van der Waals surface area contributed by atoms with Crippen LogP contribution in [0.25, 0.3) is 0 Å². The molecule has 0 aromatic carbocycles. The lowest BCUT2D eigenvalue weighted by atomic mass is 10.8. The van der Waals surface area contributed by atoms with E-state index in [0.717, 1.165) is 0 Å². The second-order valence-corrected chi connectivity index (χ2v) is 2.49. The van der Waals surface area contributed by atoms with Crippen LogP contribution in [0.4, 0.5) is 0 Å². The second kappa shape index (κ2) is 128. The lowest BCUT2D eigenvalue weighted by Gasteiger charge is -1.70. The van der Waals surface area contributed by atoms with E-state index in [2.05, 4.69) is 32.9 Å². The number of aliphatic hydroxyl groups is 2. The summed E-state index contributed by atoms with van der Waals surface area (Å²) in [4.78, 5) is 0. The molecule has 0 rings (SSSR count). The van der Waals surface area contributed by atoms with Crippen LogP contribution in [0.5, 0.6) is 0 Å². The van der Waals surface area contributed by atoms with Crippen molar-refractivity contribution in [2.24, 2.45) is 0 Å². The first-order chi connectivity index (χ1) is 8.99. The van der Waals surface area contributed by atoms with E-state index in [-0.39, 0.29) is 13.2 Å². The molecule has 19 heavy (non-hydrogen) atoms. The van der Waals surface area contributed by atoms with Gasteiger partial charge < -0.3 is 10.2 Å². The van der Waals surface area contributed by atoms with Crippen LogP contribution < -0.4 is 0 Å². The first-order valence-corrected chi connectivity index (χ1v) is 6.06. The minimum absolute atomic E-state index is 0.125.